The Balaban J connectivity index is 2.37. The number of carboxylic acids is 1. The van der Waals surface area contributed by atoms with E-state index in [1.807, 2.05) is 0 Å². The first-order chi connectivity index (χ1) is 7.94. The summed E-state index contributed by atoms with van der Waals surface area (Å²) in [6.07, 6.45) is 6.15. The van der Waals surface area contributed by atoms with Crippen LogP contribution in [0.2, 0.25) is 0 Å². The van der Waals surface area contributed by atoms with Gasteiger partial charge in [0.15, 0.2) is 0 Å². The quantitative estimate of drug-likeness (QED) is 0.735. The molecule has 94 valence electrons. The molecule has 0 amide bonds. The first-order valence-corrected chi connectivity index (χ1v) is 6.55. The Bertz CT molecular complexity index is 392. The fourth-order valence-electron chi connectivity index (χ4n) is 3.46. The van der Waals surface area contributed by atoms with Crippen molar-refractivity contribution in [2.45, 2.75) is 52.4 Å². The van der Waals surface area contributed by atoms with Crippen molar-refractivity contribution in [3.05, 3.63) is 23.3 Å². The Labute approximate surface area is 103 Å². The van der Waals surface area contributed by atoms with Crippen molar-refractivity contribution in [1.29, 1.82) is 0 Å². The Morgan fingerprint density at radius 2 is 2.18 bits per heavy atom. The molecule has 0 aromatic heterocycles. The third-order valence-electron chi connectivity index (χ3n) is 4.70. The van der Waals surface area contributed by atoms with Gasteiger partial charge in [0.2, 0.25) is 0 Å². The van der Waals surface area contributed by atoms with Crippen LogP contribution in [-0.4, -0.2) is 11.1 Å². The highest BCUT2D eigenvalue weighted by molar-refractivity contribution is 5.88. The summed E-state index contributed by atoms with van der Waals surface area (Å²) in [4.78, 5) is 11.3. The van der Waals surface area contributed by atoms with E-state index >= 15 is 0 Å². The monoisotopic (exact) mass is 234 g/mol. The maximum atomic E-state index is 11.3. The van der Waals surface area contributed by atoms with Gasteiger partial charge >= 0.3 is 5.97 Å². The number of hydrogen-bond acceptors (Lipinski definition) is 1. The van der Waals surface area contributed by atoms with Gasteiger partial charge in [-0.2, -0.15) is 0 Å². The van der Waals surface area contributed by atoms with Gasteiger partial charge in [0.1, 0.15) is 0 Å². The second-order valence-electron chi connectivity index (χ2n) is 5.96. The molecule has 2 rings (SSSR count). The van der Waals surface area contributed by atoms with E-state index in [1.54, 1.807) is 0 Å². The molecule has 0 spiro atoms. The van der Waals surface area contributed by atoms with Crippen LogP contribution in [0, 0.1) is 11.3 Å². The SMILES string of the molecule is C=C(C)C1CCC2(C)CCCC(C(=O)O)=C2C1. The van der Waals surface area contributed by atoms with Crippen LogP contribution in [0.25, 0.3) is 0 Å². The van der Waals surface area contributed by atoms with Gasteiger partial charge in [-0.3, -0.25) is 0 Å². The lowest BCUT2D eigenvalue weighted by atomic mass is 9.61. The Hall–Kier alpha value is -1.05. The molecule has 2 aliphatic rings. The largest absolute Gasteiger partial charge is 0.478 e. The highest BCUT2D eigenvalue weighted by atomic mass is 16.4. The predicted molar refractivity (Wildman–Crippen MR) is 68.8 cm³/mol. The van der Waals surface area contributed by atoms with Crippen molar-refractivity contribution in [3.8, 4) is 0 Å². The van der Waals surface area contributed by atoms with Gasteiger partial charge in [-0.1, -0.05) is 24.6 Å². The highest BCUT2D eigenvalue weighted by Crippen LogP contribution is 2.52. The number of fused-ring (bicyclic) bond motifs is 1. The van der Waals surface area contributed by atoms with Crippen LogP contribution in [0.4, 0.5) is 0 Å². The molecule has 2 unspecified atom stereocenters. The molecule has 2 heteroatoms. The minimum absolute atomic E-state index is 0.151. The van der Waals surface area contributed by atoms with Gasteiger partial charge in [-0.05, 0) is 56.8 Å². The van der Waals surface area contributed by atoms with Gasteiger partial charge in [0.25, 0.3) is 0 Å². The summed E-state index contributed by atoms with van der Waals surface area (Å²) < 4.78 is 0. The molecule has 0 aromatic rings. The second-order valence-corrected chi connectivity index (χ2v) is 5.96. The molecule has 2 aliphatic carbocycles. The molecular formula is C15H22O2. The van der Waals surface area contributed by atoms with Crippen molar-refractivity contribution < 1.29 is 9.90 Å². The zero-order valence-corrected chi connectivity index (χ0v) is 10.9. The zero-order chi connectivity index (χ0) is 12.6. The van der Waals surface area contributed by atoms with E-state index in [1.165, 1.54) is 17.6 Å². The molecule has 2 atom stereocenters. The van der Waals surface area contributed by atoms with Gasteiger partial charge in [0.05, 0.1) is 0 Å². The van der Waals surface area contributed by atoms with E-state index in [-0.39, 0.29) is 5.41 Å². The smallest absolute Gasteiger partial charge is 0.331 e. The van der Waals surface area contributed by atoms with Crippen molar-refractivity contribution in [1.82, 2.24) is 0 Å². The fourth-order valence-corrected chi connectivity index (χ4v) is 3.46. The minimum atomic E-state index is -0.701. The summed E-state index contributed by atoms with van der Waals surface area (Å²) in [5.74, 6) is -0.209. The van der Waals surface area contributed by atoms with E-state index in [0.717, 1.165) is 32.1 Å². The highest BCUT2D eigenvalue weighted by Gasteiger charge is 2.40. The first kappa shape index (κ1) is 12.4. The van der Waals surface area contributed by atoms with Crippen molar-refractivity contribution in [2.24, 2.45) is 11.3 Å². The lowest BCUT2D eigenvalue weighted by Crippen LogP contribution is -2.32. The summed E-state index contributed by atoms with van der Waals surface area (Å²) >= 11 is 0. The van der Waals surface area contributed by atoms with Gasteiger partial charge in [-0.15, -0.1) is 0 Å². The molecule has 1 N–H and O–H groups in total. The van der Waals surface area contributed by atoms with Crippen LogP contribution in [0.1, 0.15) is 52.4 Å². The van der Waals surface area contributed by atoms with E-state index in [9.17, 15) is 9.90 Å². The number of allylic oxidation sites excluding steroid dienone is 2. The Morgan fingerprint density at radius 1 is 1.47 bits per heavy atom. The van der Waals surface area contributed by atoms with Crippen LogP contribution in [-0.2, 0) is 4.79 Å². The number of aliphatic carboxylic acids is 1. The van der Waals surface area contributed by atoms with Crippen LogP contribution in [0.15, 0.2) is 23.3 Å². The van der Waals surface area contributed by atoms with Crippen molar-refractivity contribution in [2.75, 3.05) is 0 Å². The van der Waals surface area contributed by atoms with Crippen LogP contribution in [0.3, 0.4) is 0 Å². The Kier molecular flexibility index (Phi) is 3.15. The lowest BCUT2D eigenvalue weighted by Gasteiger charge is -2.44. The topological polar surface area (TPSA) is 37.3 Å². The van der Waals surface area contributed by atoms with E-state index < -0.39 is 5.97 Å². The molecule has 1 fully saturated rings. The summed E-state index contributed by atoms with van der Waals surface area (Å²) in [6, 6.07) is 0. The fraction of sp³-hybridized carbons (Fsp3) is 0.667. The lowest BCUT2D eigenvalue weighted by molar-refractivity contribution is -0.133. The molecule has 1 saturated carbocycles. The molecule has 0 saturated heterocycles. The second kappa shape index (κ2) is 4.32. The van der Waals surface area contributed by atoms with Gasteiger partial charge in [-0.25, -0.2) is 4.79 Å². The number of hydrogen-bond donors (Lipinski definition) is 1. The normalized spacial score (nSPS) is 33.2. The molecule has 0 radical (unpaired) electrons. The summed E-state index contributed by atoms with van der Waals surface area (Å²) in [5, 5.41) is 9.34. The van der Waals surface area contributed by atoms with Gasteiger partial charge < -0.3 is 5.11 Å². The molecule has 17 heavy (non-hydrogen) atoms. The van der Waals surface area contributed by atoms with Crippen molar-refractivity contribution in [3.63, 3.8) is 0 Å². The summed E-state index contributed by atoms with van der Waals surface area (Å²) in [5.41, 5.74) is 3.27. The standard InChI is InChI=1S/C15H22O2/c1-10(2)11-6-8-15(3)7-4-5-12(14(16)17)13(15)9-11/h11H,1,4-9H2,2-3H3,(H,16,17). The number of rotatable bonds is 2. The van der Waals surface area contributed by atoms with Crippen molar-refractivity contribution >= 4 is 5.97 Å². The van der Waals surface area contributed by atoms with E-state index in [2.05, 4.69) is 20.4 Å². The minimum Gasteiger partial charge on any atom is -0.478 e. The van der Waals surface area contributed by atoms with Gasteiger partial charge in [0, 0.05) is 5.57 Å². The average Bonchev–Trinajstić information content (AvgIpc) is 2.26. The van der Waals surface area contributed by atoms with Crippen LogP contribution in [0.5, 0.6) is 0 Å². The third-order valence-corrected chi connectivity index (χ3v) is 4.70. The molecule has 0 aliphatic heterocycles. The van der Waals surface area contributed by atoms with Crippen LogP contribution < -0.4 is 0 Å². The van der Waals surface area contributed by atoms with E-state index in [0.29, 0.717) is 11.5 Å². The Morgan fingerprint density at radius 3 is 2.76 bits per heavy atom. The first-order valence-electron chi connectivity index (χ1n) is 6.55. The van der Waals surface area contributed by atoms with E-state index in [4.69, 9.17) is 0 Å². The average molecular weight is 234 g/mol. The predicted octanol–water partition coefficient (Wildman–Crippen LogP) is 3.93. The molecular weight excluding hydrogens is 212 g/mol. The maximum Gasteiger partial charge on any atom is 0.331 e. The maximum absolute atomic E-state index is 11.3. The summed E-state index contributed by atoms with van der Waals surface area (Å²) in [6.45, 7) is 8.35. The third kappa shape index (κ3) is 2.18. The zero-order valence-electron chi connectivity index (χ0n) is 10.9. The number of carbonyl (C=O) groups is 1. The molecule has 2 nitrogen and oxygen atoms in total. The molecule has 0 heterocycles. The number of carboxylic acid groups (broad SMARTS) is 1. The molecule has 0 bridgehead atoms. The summed E-state index contributed by atoms with van der Waals surface area (Å²) in [7, 11) is 0. The molecule has 0 aromatic carbocycles. The van der Waals surface area contributed by atoms with Crippen LogP contribution >= 0.6 is 0 Å².